The highest BCUT2D eigenvalue weighted by atomic mass is 32.1. The van der Waals surface area contributed by atoms with E-state index < -0.39 is 5.54 Å². The summed E-state index contributed by atoms with van der Waals surface area (Å²) in [6.45, 7) is 9.93. The summed E-state index contributed by atoms with van der Waals surface area (Å²) in [5.74, 6) is -0.329. The van der Waals surface area contributed by atoms with Crippen molar-refractivity contribution in [2.24, 2.45) is 0 Å². The lowest BCUT2D eigenvalue weighted by Gasteiger charge is -2.18. The fourth-order valence-electron chi connectivity index (χ4n) is 3.04. The first kappa shape index (κ1) is 17.4. The van der Waals surface area contributed by atoms with E-state index in [1.807, 2.05) is 34.6 Å². The van der Waals surface area contributed by atoms with Gasteiger partial charge in [-0.25, -0.2) is 4.68 Å². The number of carbonyl (C=O) groups is 1. The Balaban J connectivity index is 2.19. The largest absolute Gasteiger partial charge is 0.308 e. The fourth-order valence-corrected chi connectivity index (χ4v) is 4.06. The van der Waals surface area contributed by atoms with E-state index in [4.69, 9.17) is 0 Å². The molecule has 25 heavy (non-hydrogen) atoms. The number of aryl methyl sites for hydroxylation is 2. The molecule has 0 aliphatic rings. The third kappa shape index (κ3) is 2.68. The average molecular weight is 359 g/mol. The molecule has 132 valence electrons. The number of aromatic nitrogens is 3. The highest BCUT2D eigenvalue weighted by Crippen LogP contribution is 2.25. The lowest BCUT2D eigenvalue weighted by atomic mass is 10.00. The van der Waals surface area contributed by atoms with Gasteiger partial charge in [0.25, 0.3) is 5.56 Å². The van der Waals surface area contributed by atoms with Crippen LogP contribution < -0.4 is 10.4 Å². The first-order valence-corrected chi connectivity index (χ1v) is 8.97. The number of nitrogens with zero attached hydrogens (tertiary/aromatic N) is 2. The molecule has 0 radical (unpaired) electrons. The molecular formula is C18H21N3O3S. The molecule has 0 atom stereocenters. The van der Waals surface area contributed by atoms with Crippen molar-refractivity contribution in [3.8, 4) is 0 Å². The number of aromatic amines is 1. The van der Waals surface area contributed by atoms with Gasteiger partial charge >= 0.3 is 4.87 Å². The number of hydrogen-bond donors (Lipinski definition) is 1. The van der Waals surface area contributed by atoms with Gasteiger partial charge in [0.1, 0.15) is 5.56 Å². The second kappa shape index (κ2) is 5.84. The van der Waals surface area contributed by atoms with E-state index in [-0.39, 0.29) is 21.8 Å². The van der Waals surface area contributed by atoms with Gasteiger partial charge in [-0.2, -0.15) is 0 Å². The molecule has 0 saturated carbocycles. The minimum Gasteiger partial charge on any atom is -0.302 e. The maximum Gasteiger partial charge on any atom is 0.308 e. The fraction of sp³-hybridized carbons (Fsp3) is 0.389. The van der Waals surface area contributed by atoms with Crippen molar-refractivity contribution >= 4 is 27.3 Å². The molecule has 2 aromatic heterocycles. The third-order valence-corrected chi connectivity index (χ3v) is 5.27. The molecule has 0 unspecified atom stereocenters. The van der Waals surface area contributed by atoms with E-state index in [2.05, 4.69) is 5.10 Å². The van der Waals surface area contributed by atoms with E-state index in [1.54, 1.807) is 16.7 Å². The van der Waals surface area contributed by atoms with Gasteiger partial charge in [0.2, 0.25) is 5.78 Å². The number of ketones is 1. The number of carbonyl (C=O) groups excluding carboxylic acids is 1. The van der Waals surface area contributed by atoms with Crippen molar-refractivity contribution < 1.29 is 4.79 Å². The second-order valence-corrected chi connectivity index (χ2v) is 8.02. The van der Waals surface area contributed by atoms with Gasteiger partial charge in [-0.05, 0) is 52.3 Å². The summed E-state index contributed by atoms with van der Waals surface area (Å²) in [6.07, 6.45) is 1.46. The van der Waals surface area contributed by atoms with E-state index in [9.17, 15) is 14.4 Å². The third-order valence-electron chi connectivity index (χ3n) is 4.33. The molecule has 2 heterocycles. The Bertz CT molecular complexity index is 1090. The van der Waals surface area contributed by atoms with Crippen LogP contribution in [-0.4, -0.2) is 20.1 Å². The van der Waals surface area contributed by atoms with Crippen molar-refractivity contribution in [3.05, 3.63) is 55.0 Å². The zero-order chi connectivity index (χ0) is 18.5. The van der Waals surface area contributed by atoms with Gasteiger partial charge in [-0.3, -0.25) is 19.0 Å². The molecule has 3 rings (SSSR count). The van der Waals surface area contributed by atoms with Gasteiger partial charge in [-0.1, -0.05) is 11.3 Å². The summed E-state index contributed by atoms with van der Waals surface area (Å²) in [7, 11) is 0. The molecule has 0 saturated heterocycles. The number of hydrogen-bond acceptors (Lipinski definition) is 4. The van der Waals surface area contributed by atoms with Crippen LogP contribution in [0.2, 0.25) is 0 Å². The van der Waals surface area contributed by atoms with E-state index in [0.717, 1.165) is 15.8 Å². The van der Waals surface area contributed by atoms with Crippen LogP contribution in [0.25, 0.3) is 10.2 Å². The number of thiazole rings is 1. The van der Waals surface area contributed by atoms with E-state index in [0.29, 0.717) is 12.1 Å². The monoisotopic (exact) mass is 359 g/mol. The molecule has 0 spiro atoms. The zero-order valence-corrected chi connectivity index (χ0v) is 15.8. The summed E-state index contributed by atoms with van der Waals surface area (Å²) in [6, 6.07) is 3.48. The topological polar surface area (TPSA) is 76.9 Å². The van der Waals surface area contributed by atoms with Gasteiger partial charge in [0.05, 0.1) is 15.8 Å². The van der Waals surface area contributed by atoms with Crippen LogP contribution in [0.4, 0.5) is 0 Å². The smallest absolute Gasteiger partial charge is 0.302 e. The Morgan fingerprint density at radius 1 is 1.20 bits per heavy atom. The summed E-state index contributed by atoms with van der Waals surface area (Å²) in [5, 5.41) is 2.88. The highest BCUT2D eigenvalue weighted by molar-refractivity contribution is 7.16. The average Bonchev–Trinajstić information content (AvgIpc) is 3.06. The summed E-state index contributed by atoms with van der Waals surface area (Å²) >= 11 is 1.17. The Morgan fingerprint density at radius 2 is 1.88 bits per heavy atom. The van der Waals surface area contributed by atoms with Crippen LogP contribution in [0.1, 0.15) is 49.2 Å². The number of fused-ring (bicyclic) bond motifs is 1. The number of benzene rings is 1. The molecular weight excluding hydrogens is 338 g/mol. The molecule has 0 bridgehead atoms. The van der Waals surface area contributed by atoms with E-state index in [1.165, 1.54) is 22.2 Å². The Hall–Kier alpha value is -2.41. The van der Waals surface area contributed by atoms with Crippen molar-refractivity contribution in [1.82, 2.24) is 14.3 Å². The first-order valence-electron chi connectivity index (χ1n) is 8.15. The molecule has 0 aliphatic carbocycles. The number of rotatable bonds is 3. The van der Waals surface area contributed by atoms with Gasteiger partial charge < -0.3 is 5.10 Å². The van der Waals surface area contributed by atoms with Gasteiger partial charge in [-0.15, -0.1) is 0 Å². The van der Waals surface area contributed by atoms with Crippen LogP contribution in [0.15, 0.2) is 27.9 Å². The summed E-state index contributed by atoms with van der Waals surface area (Å²) < 4.78 is 3.96. The standard InChI is InChI=1S/C18H21N3O3S/c1-6-20-14-10(2)11(7-8-13(14)25-17(20)24)15(22)12-9-19-21(16(12)23)18(3,4)5/h7-9,19H,6H2,1-5H3. The molecule has 3 aromatic rings. The molecule has 0 amide bonds. The highest BCUT2D eigenvalue weighted by Gasteiger charge is 2.24. The lowest BCUT2D eigenvalue weighted by molar-refractivity contribution is 0.103. The van der Waals surface area contributed by atoms with Crippen LogP contribution in [0, 0.1) is 6.92 Å². The predicted octanol–water partition coefficient (Wildman–Crippen LogP) is 2.87. The molecule has 0 fully saturated rings. The summed E-state index contributed by atoms with van der Waals surface area (Å²) in [4.78, 5) is 37.6. The van der Waals surface area contributed by atoms with Crippen LogP contribution in [0.5, 0.6) is 0 Å². The van der Waals surface area contributed by atoms with Crippen molar-refractivity contribution in [1.29, 1.82) is 0 Å². The van der Waals surface area contributed by atoms with Gasteiger partial charge in [0.15, 0.2) is 0 Å². The zero-order valence-electron chi connectivity index (χ0n) is 15.0. The number of H-pyrrole nitrogens is 1. The second-order valence-electron chi connectivity index (χ2n) is 7.02. The van der Waals surface area contributed by atoms with Gasteiger partial charge in [0, 0.05) is 18.3 Å². The molecule has 6 nitrogen and oxygen atoms in total. The Labute approximate surface area is 148 Å². The predicted molar refractivity (Wildman–Crippen MR) is 100.0 cm³/mol. The normalized spacial score (nSPS) is 12.0. The number of nitrogens with one attached hydrogen (secondary N) is 1. The minimum absolute atomic E-state index is 0.0399. The van der Waals surface area contributed by atoms with E-state index >= 15 is 0 Å². The molecule has 0 aliphatic heterocycles. The van der Waals surface area contributed by atoms with Crippen molar-refractivity contribution in [2.45, 2.75) is 46.7 Å². The van der Waals surface area contributed by atoms with Crippen LogP contribution in [0.3, 0.4) is 0 Å². The maximum atomic E-state index is 13.0. The SMILES string of the molecule is CCn1c(=O)sc2ccc(C(=O)c3c[nH]n(C(C)(C)C)c3=O)c(C)c21. The van der Waals surface area contributed by atoms with Crippen molar-refractivity contribution in [2.75, 3.05) is 0 Å². The van der Waals surface area contributed by atoms with Crippen molar-refractivity contribution in [3.63, 3.8) is 0 Å². The lowest BCUT2D eigenvalue weighted by Crippen LogP contribution is -2.34. The Morgan fingerprint density at radius 3 is 2.44 bits per heavy atom. The first-order chi connectivity index (χ1) is 11.7. The van der Waals surface area contributed by atoms with Crippen LogP contribution in [-0.2, 0) is 12.1 Å². The quantitative estimate of drug-likeness (QED) is 0.731. The van der Waals surface area contributed by atoms with Crippen LogP contribution >= 0.6 is 11.3 Å². The molecule has 1 N–H and O–H groups in total. The molecule has 7 heteroatoms. The maximum absolute atomic E-state index is 13.0. The Kier molecular flexibility index (Phi) is 4.07. The minimum atomic E-state index is -0.440. The molecule has 1 aromatic carbocycles. The summed E-state index contributed by atoms with van der Waals surface area (Å²) in [5.41, 5.74) is 1.28.